The van der Waals surface area contributed by atoms with E-state index in [0.717, 1.165) is 54.4 Å². The molecule has 26 heavy (non-hydrogen) atoms. The number of nitrogens with one attached hydrogen (secondary N) is 1. The number of piperazine rings is 1. The van der Waals surface area contributed by atoms with Crippen LogP contribution in [-0.4, -0.2) is 36.1 Å². The Labute approximate surface area is 157 Å². The molecule has 134 valence electrons. The van der Waals surface area contributed by atoms with Crippen molar-refractivity contribution in [3.8, 4) is 0 Å². The number of halogens is 1. The average Bonchev–Trinajstić information content (AvgIpc) is 3.20. The van der Waals surface area contributed by atoms with E-state index in [4.69, 9.17) is 16.0 Å². The highest BCUT2D eigenvalue weighted by atomic mass is 35.5. The third-order valence-corrected chi connectivity index (χ3v) is 4.64. The van der Waals surface area contributed by atoms with Crippen LogP contribution in [0.2, 0.25) is 5.02 Å². The molecular formula is C19H20ClN5O. The smallest absolute Gasteiger partial charge is 0.227 e. The molecule has 0 unspecified atom stereocenters. The zero-order valence-corrected chi connectivity index (χ0v) is 15.1. The summed E-state index contributed by atoms with van der Waals surface area (Å²) in [6, 6.07) is 13.7. The maximum atomic E-state index is 6.10. The fourth-order valence-electron chi connectivity index (χ4n) is 3.03. The van der Waals surface area contributed by atoms with Crippen LogP contribution in [0.25, 0.3) is 0 Å². The Morgan fingerprint density at radius 3 is 2.65 bits per heavy atom. The highest BCUT2D eigenvalue weighted by Crippen LogP contribution is 2.22. The summed E-state index contributed by atoms with van der Waals surface area (Å²) < 4.78 is 5.33. The van der Waals surface area contributed by atoms with Crippen LogP contribution in [0.1, 0.15) is 5.76 Å². The molecule has 1 aliphatic heterocycles. The van der Waals surface area contributed by atoms with Gasteiger partial charge in [-0.2, -0.15) is 4.98 Å². The zero-order valence-electron chi connectivity index (χ0n) is 14.3. The predicted octanol–water partition coefficient (Wildman–Crippen LogP) is 3.66. The molecule has 1 saturated heterocycles. The van der Waals surface area contributed by atoms with Gasteiger partial charge in [-0.05, 0) is 36.4 Å². The minimum Gasteiger partial charge on any atom is -0.467 e. The quantitative estimate of drug-likeness (QED) is 0.740. The van der Waals surface area contributed by atoms with Crippen LogP contribution < -0.4 is 15.1 Å². The number of rotatable bonds is 5. The van der Waals surface area contributed by atoms with Gasteiger partial charge in [0.15, 0.2) is 0 Å². The Morgan fingerprint density at radius 2 is 1.88 bits per heavy atom. The summed E-state index contributed by atoms with van der Waals surface area (Å²) in [6.07, 6.45) is 3.46. The molecule has 0 saturated carbocycles. The minimum absolute atomic E-state index is 0.603. The number of furan rings is 1. The van der Waals surface area contributed by atoms with Gasteiger partial charge in [0.05, 0.1) is 12.8 Å². The minimum atomic E-state index is 0.603. The summed E-state index contributed by atoms with van der Waals surface area (Å²) in [5, 5.41) is 4.04. The largest absolute Gasteiger partial charge is 0.467 e. The molecule has 0 spiro atoms. The maximum absolute atomic E-state index is 6.10. The van der Waals surface area contributed by atoms with Crippen LogP contribution in [0, 0.1) is 0 Å². The van der Waals surface area contributed by atoms with E-state index in [1.54, 1.807) is 12.5 Å². The van der Waals surface area contributed by atoms with Crippen LogP contribution >= 0.6 is 11.6 Å². The second-order valence-electron chi connectivity index (χ2n) is 6.13. The molecule has 0 atom stereocenters. The predicted molar refractivity (Wildman–Crippen MR) is 104 cm³/mol. The first-order valence-electron chi connectivity index (χ1n) is 8.63. The number of anilines is 3. The van der Waals surface area contributed by atoms with Crippen molar-refractivity contribution < 1.29 is 4.42 Å². The summed E-state index contributed by atoms with van der Waals surface area (Å²) in [5.41, 5.74) is 1.16. The lowest BCUT2D eigenvalue weighted by atomic mass is 10.2. The molecule has 3 aromatic rings. The van der Waals surface area contributed by atoms with Crippen molar-refractivity contribution in [2.24, 2.45) is 0 Å². The van der Waals surface area contributed by atoms with E-state index < -0.39 is 0 Å². The molecule has 0 bridgehead atoms. The number of benzene rings is 1. The molecule has 2 aromatic heterocycles. The van der Waals surface area contributed by atoms with Gasteiger partial charge in [0.1, 0.15) is 11.6 Å². The number of aromatic nitrogens is 2. The lowest BCUT2D eigenvalue weighted by Gasteiger charge is -2.36. The van der Waals surface area contributed by atoms with Gasteiger partial charge in [0, 0.05) is 43.1 Å². The molecule has 0 amide bonds. The van der Waals surface area contributed by atoms with Crippen molar-refractivity contribution in [1.29, 1.82) is 0 Å². The molecule has 4 rings (SSSR count). The van der Waals surface area contributed by atoms with Gasteiger partial charge in [-0.3, -0.25) is 0 Å². The standard InChI is InChI=1S/C19H20ClN5O/c20-15-3-1-4-16(13-15)24-8-10-25(11-9-24)19-21-7-6-18(23-19)22-14-17-5-2-12-26-17/h1-7,12-13H,8-11,14H2,(H,21,22,23). The summed E-state index contributed by atoms with van der Waals surface area (Å²) >= 11 is 6.10. The fourth-order valence-corrected chi connectivity index (χ4v) is 3.21. The lowest BCUT2D eigenvalue weighted by Crippen LogP contribution is -2.47. The Morgan fingerprint density at radius 1 is 1.04 bits per heavy atom. The Hall–Kier alpha value is -2.73. The summed E-state index contributed by atoms with van der Waals surface area (Å²) in [5.74, 6) is 2.42. The third-order valence-electron chi connectivity index (χ3n) is 4.40. The normalized spacial score (nSPS) is 14.5. The Balaban J connectivity index is 1.37. The van der Waals surface area contributed by atoms with Crippen LogP contribution in [0.15, 0.2) is 59.3 Å². The molecule has 7 heteroatoms. The van der Waals surface area contributed by atoms with Gasteiger partial charge in [-0.25, -0.2) is 4.98 Å². The van der Waals surface area contributed by atoms with E-state index in [-0.39, 0.29) is 0 Å². The zero-order chi connectivity index (χ0) is 17.8. The van der Waals surface area contributed by atoms with Crippen molar-refractivity contribution in [2.45, 2.75) is 6.54 Å². The molecule has 1 fully saturated rings. The first kappa shape index (κ1) is 16.7. The topological polar surface area (TPSA) is 57.4 Å². The molecule has 6 nitrogen and oxygen atoms in total. The van der Waals surface area contributed by atoms with Crippen molar-refractivity contribution in [3.63, 3.8) is 0 Å². The van der Waals surface area contributed by atoms with E-state index in [9.17, 15) is 0 Å². The molecular weight excluding hydrogens is 350 g/mol. The first-order valence-corrected chi connectivity index (χ1v) is 9.00. The summed E-state index contributed by atoms with van der Waals surface area (Å²) in [4.78, 5) is 13.6. The van der Waals surface area contributed by atoms with Crippen molar-refractivity contribution in [3.05, 3.63) is 65.7 Å². The van der Waals surface area contributed by atoms with Gasteiger partial charge < -0.3 is 19.5 Å². The van der Waals surface area contributed by atoms with E-state index in [2.05, 4.69) is 31.2 Å². The van der Waals surface area contributed by atoms with E-state index >= 15 is 0 Å². The number of hydrogen-bond acceptors (Lipinski definition) is 6. The second-order valence-corrected chi connectivity index (χ2v) is 6.57. The molecule has 1 N–H and O–H groups in total. The van der Waals surface area contributed by atoms with Crippen LogP contribution in [0.3, 0.4) is 0 Å². The van der Waals surface area contributed by atoms with Crippen LogP contribution in [0.5, 0.6) is 0 Å². The van der Waals surface area contributed by atoms with Gasteiger partial charge in [0.25, 0.3) is 0 Å². The molecule has 0 aliphatic carbocycles. The van der Waals surface area contributed by atoms with Crippen LogP contribution in [0.4, 0.5) is 17.5 Å². The molecule has 0 radical (unpaired) electrons. The highest BCUT2D eigenvalue weighted by Gasteiger charge is 2.19. The number of hydrogen-bond donors (Lipinski definition) is 1. The SMILES string of the molecule is Clc1cccc(N2CCN(c3nccc(NCc4ccco4)n3)CC2)c1. The fraction of sp³-hybridized carbons (Fsp3) is 0.263. The molecule has 1 aromatic carbocycles. The lowest BCUT2D eigenvalue weighted by molar-refractivity contribution is 0.517. The number of nitrogens with zero attached hydrogens (tertiary/aromatic N) is 4. The summed E-state index contributed by atoms with van der Waals surface area (Å²) in [7, 11) is 0. The maximum Gasteiger partial charge on any atom is 0.227 e. The van der Waals surface area contributed by atoms with Crippen molar-refractivity contribution in [2.75, 3.05) is 41.3 Å². The third kappa shape index (κ3) is 3.91. The summed E-state index contributed by atoms with van der Waals surface area (Å²) in [6.45, 7) is 4.16. The molecule has 1 aliphatic rings. The van der Waals surface area contributed by atoms with Gasteiger partial charge >= 0.3 is 0 Å². The monoisotopic (exact) mass is 369 g/mol. The van der Waals surface area contributed by atoms with E-state index in [1.165, 1.54) is 0 Å². The van der Waals surface area contributed by atoms with Crippen molar-refractivity contribution in [1.82, 2.24) is 9.97 Å². The highest BCUT2D eigenvalue weighted by molar-refractivity contribution is 6.30. The van der Waals surface area contributed by atoms with Crippen molar-refractivity contribution >= 4 is 29.1 Å². The van der Waals surface area contributed by atoms with E-state index in [0.29, 0.717) is 6.54 Å². The average molecular weight is 370 g/mol. The Kier molecular flexibility index (Phi) is 4.93. The Bertz CT molecular complexity index is 847. The van der Waals surface area contributed by atoms with Gasteiger partial charge in [-0.1, -0.05) is 17.7 Å². The van der Waals surface area contributed by atoms with Gasteiger partial charge in [-0.15, -0.1) is 0 Å². The van der Waals surface area contributed by atoms with Crippen LogP contribution in [-0.2, 0) is 6.54 Å². The first-order chi connectivity index (χ1) is 12.8. The second kappa shape index (κ2) is 7.66. The van der Waals surface area contributed by atoms with E-state index in [1.807, 2.05) is 36.4 Å². The van der Waals surface area contributed by atoms with Gasteiger partial charge in [0.2, 0.25) is 5.95 Å². The molecule has 3 heterocycles.